The van der Waals surface area contributed by atoms with Gasteiger partial charge in [-0.25, -0.2) is 9.13 Å². The molecule has 0 saturated heterocycles. The number of rotatable bonds is 79. The van der Waals surface area contributed by atoms with E-state index in [-0.39, 0.29) is 19.3 Å². The number of phosphoric ester groups is 2. The second-order valence-electron chi connectivity index (χ2n) is 27.9. The quantitative estimate of drug-likeness (QED) is 0.0146. The van der Waals surface area contributed by atoms with Crippen molar-refractivity contribution in [2.24, 2.45) is 0 Å². The van der Waals surface area contributed by atoms with Gasteiger partial charge >= 0.3 is 33.6 Å². The van der Waals surface area contributed by atoms with Gasteiger partial charge < -0.3 is 34.2 Å². The van der Waals surface area contributed by atoms with Crippen molar-refractivity contribution in [2.75, 3.05) is 39.6 Å². The standard InChI is InChI=1S/C85H152O16P2/c1-4-7-10-13-16-19-22-25-28-30-31-32-33-34-35-36-37-38-39-40-41-42-43-44-45-46-47-49-52-53-56-59-62-65-68-71-83(88)95-74-80(86)75-97-102(91,92)98-76-81(87)77-99-103(93,94)100-79-82(101-85(90)73-70-67-64-61-58-55-50-27-24-21-18-15-12-9-6-3)78-96-84(89)72-69-66-63-60-57-54-51-48-29-26-23-20-17-14-11-8-5-2/h7-8,10-11,16-17,19-20,25-26,28-29,31-32,34-35,80-82,86-87H,4-6,9,12-15,18,21-24,27,30,33,36-79H2,1-3H3,(H,91,92)(H,93,94)/b10-7-,11-8-,19-16-,20-17-,28-25-,29-26-,32-31-,35-34-. The third-order valence-corrected chi connectivity index (χ3v) is 19.7. The first-order valence-electron chi connectivity index (χ1n) is 41.5. The molecule has 0 saturated carbocycles. The van der Waals surface area contributed by atoms with Crippen LogP contribution in [-0.4, -0.2) is 95.9 Å². The van der Waals surface area contributed by atoms with Crippen LogP contribution in [0.25, 0.3) is 0 Å². The SMILES string of the molecule is CC/C=C\C/C=C\C/C=C\C/C=C\C/C=C\CCCCCCCCCCCCCCCCCCCCCC(=O)OCC(O)COP(=O)(O)OCC(O)COP(=O)(O)OCC(COC(=O)CCCCCCCCC/C=C\C/C=C\C/C=C\CC)OC(=O)CCCCCCCCCCCCCCCCC. The number of esters is 3. The van der Waals surface area contributed by atoms with Crippen LogP contribution >= 0.6 is 15.6 Å². The lowest BCUT2D eigenvalue weighted by Crippen LogP contribution is -2.30. The first kappa shape index (κ1) is 99.5. The van der Waals surface area contributed by atoms with Gasteiger partial charge in [-0.05, 0) is 96.3 Å². The summed E-state index contributed by atoms with van der Waals surface area (Å²) in [5, 5.41) is 20.7. The molecule has 0 aliphatic heterocycles. The van der Waals surface area contributed by atoms with Crippen LogP contribution in [0.15, 0.2) is 97.2 Å². The molecule has 0 aromatic carbocycles. The van der Waals surface area contributed by atoms with Gasteiger partial charge in [-0.1, -0.05) is 349 Å². The van der Waals surface area contributed by atoms with E-state index in [1.165, 1.54) is 167 Å². The summed E-state index contributed by atoms with van der Waals surface area (Å²) in [5.41, 5.74) is 0. The molecule has 0 aliphatic rings. The van der Waals surface area contributed by atoms with Gasteiger partial charge in [-0.3, -0.25) is 32.5 Å². The highest BCUT2D eigenvalue weighted by molar-refractivity contribution is 7.47. The van der Waals surface area contributed by atoms with Crippen LogP contribution in [-0.2, 0) is 55.8 Å². The van der Waals surface area contributed by atoms with Crippen LogP contribution in [0.5, 0.6) is 0 Å². The molecule has 0 heterocycles. The Morgan fingerprint density at radius 1 is 0.282 bits per heavy atom. The molecule has 0 radical (unpaired) electrons. The van der Waals surface area contributed by atoms with Gasteiger partial charge in [0, 0.05) is 19.3 Å². The van der Waals surface area contributed by atoms with E-state index in [1.807, 2.05) is 0 Å². The minimum Gasteiger partial charge on any atom is -0.463 e. The molecular weight excluding hydrogens is 1340 g/mol. The number of carbonyl (C=O) groups excluding carboxylic acids is 3. The molecule has 0 fully saturated rings. The molecule has 0 aromatic rings. The molecule has 598 valence electrons. The van der Waals surface area contributed by atoms with Crippen LogP contribution in [0.4, 0.5) is 0 Å². The second kappa shape index (κ2) is 78.1. The van der Waals surface area contributed by atoms with E-state index in [4.69, 9.17) is 32.3 Å². The highest BCUT2D eigenvalue weighted by Crippen LogP contribution is 2.45. The van der Waals surface area contributed by atoms with Gasteiger partial charge in [0.05, 0.1) is 26.4 Å². The predicted octanol–water partition coefficient (Wildman–Crippen LogP) is 24.5. The Labute approximate surface area is 628 Å². The van der Waals surface area contributed by atoms with Gasteiger partial charge in [-0.2, -0.15) is 0 Å². The van der Waals surface area contributed by atoms with Crippen molar-refractivity contribution in [1.29, 1.82) is 0 Å². The van der Waals surface area contributed by atoms with Crippen molar-refractivity contribution >= 4 is 33.6 Å². The van der Waals surface area contributed by atoms with Crippen molar-refractivity contribution in [2.45, 2.75) is 386 Å². The zero-order valence-electron chi connectivity index (χ0n) is 65.5. The average molecular weight is 1490 g/mol. The highest BCUT2D eigenvalue weighted by Gasteiger charge is 2.29. The molecule has 5 unspecified atom stereocenters. The summed E-state index contributed by atoms with van der Waals surface area (Å²) in [6.07, 6.45) is 90.5. The van der Waals surface area contributed by atoms with Gasteiger partial charge in [0.15, 0.2) is 6.10 Å². The summed E-state index contributed by atoms with van der Waals surface area (Å²) in [6, 6.07) is 0. The van der Waals surface area contributed by atoms with Gasteiger partial charge in [-0.15, -0.1) is 0 Å². The first-order chi connectivity index (χ1) is 50.2. The number of aliphatic hydroxyl groups is 2. The molecule has 0 spiro atoms. The summed E-state index contributed by atoms with van der Waals surface area (Å²) in [7, 11) is -9.78. The maximum atomic E-state index is 13.0. The predicted molar refractivity (Wildman–Crippen MR) is 427 cm³/mol. The van der Waals surface area contributed by atoms with Crippen molar-refractivity contribution in [3.8, 4) is 0 Å². The number of carbonyl (C=O) groups is 3. The molecule has 4 N–H and O–H groups in total. The molecule has 0 aliphatic carbocycles. The fourth-order valence-electron chi connectivity index (χ4n) is 11.6. The molecule has 16 nitrogen and oxygen atoms in total. The van der Waals surface area contributed by atoms with E-state index in [1.54, 1.807) is 0 Å². The van der Waals surface area contributed by atoms with Crippen LogP contribution in [0.1, 0.15) is 367 Å². The molecule has 0 rings (SSSR count). The van der Waals surface area contributed by atoms with E-state index in [0.29, 0.717) is 19.3 Å². The van der Waals surface area contributed by atoms with Crippen LogP contribution in [0.3, 0.4) is 0 Å². The van der Waals surface area contributed by atoms with Crippen LogP contribution in [0.2, 0.25) is 0 Å². The Kier molecular flexibility index (Phi) is 75.4. The van der Waals surface area contributed by atoms with E-state index in [0.717, 1.165) is 141 Å². The molecule has 0 amide bonds. The number of unbranched alkanes of at least 4 members (excludes halogenated alkanes) is 40. The fraction of sp³-hybridized carbons (Fsp3) is 0.776. The first-order valence-corrected chi connectivity index (χ1v) is 44.5. The Bertz CT molecular complexity index is 2260. The lowest BCUT2D eigenvalue weighted by molar-refractivity contribution is -0.161. The lowest BCUT2D eigenvalue weighted by atomic mass is 10.0. The second-order valence-corrected chi connectivity index (χ2v) is 30.8. The summed E-state index contributed by atoms with van der Waals surface area (Å²) >= 11 is 0. The maximum Gasteiger partial charge on any atom is 0.472 e. The molecule has 0 bridgehead atoms. The van der Waals surface area contributed by atoms with Gasteiger partial charge in [0.2, 0.25) is 0 Å². The number of hydrogen-bond donors (Lipinski definition) is 4. The fourth-order valence-corrected chi connectivity index (χ4v) is 13.1. The summed E-state index contributed by atoms with van der Waals surface area (Å²) in [4.78, 5) is 58.6. The molecule has 18 heteroatoms. The number of ether oxygens (including phenoxy) is 3. The third-order valence-electron chi connectivity index (χ3n) is 17.8. The summed E-state index contributed by atoms with van der Waals surface area (Å²) in [5.74, 6) is -1.56. The normalized spacial score (nSPS) is 14.4. The van der Waals surface area contributed by atoms with Gasteiger partial charge in [0.25, 0.3) is 0 Å². The maximum absolute atomic E-state index is 13.0. The zero-order chi connectivity index (χ0) is 75.2. The van der Waals surface area contributed by atoms with Crippen molar-refractivity contribution in [3.63, 3.8) is 0 Å². The van der Waals surface area contributed by atoms with E-state index >= 15 is 0 Å². The summed E-state index contributed by atoms with van der Waals surface area (Å²) < 4.78 is 61.2. The highest BCUT2D eigenvalue weighted by atomic mass is 31.2. The largest absolute Gasteiger partial charge is 0.472 e. The molecule has 0 aromatic heterocycles. The number of hydrogen-bond acceptors (Lipinski definition) is 14. The Balaban J connectivity index is 4.35. The van der Waals surface area contributed by atoms with E-state index in [2.05, 4.69) is 118 Å². The van der Waals surface area contributed by atoms with Crippen LogP contribution < -0.4 is 0 Å². The Hall–Kier alpha value is -3.53. The lowest BCUT2D eigenvalue weighted by Gasteiger charge is -2.21. The zero-order valence-corrected chi connectivity index (χ0v) is 67.3. The molecule has 5 atom stereocenters. The van der Waals surface area contributed by atoms with Crippen molar-refractivity contribution < 1.29 is 75.8 Å². The van der Waals surface area contributed by atoms with E-state index < -0.39 is 91.5 Å². The minimum absolute atomic E-state index is 0.107. The van der Waals surface area contributed by atoms with Crippen molar-refractivity contribution in [1.82, 2.24) is 0 Å². The smallest absolute Gasteiger partial charge is 0.463 e. The minimum atomic E-state index is -4.93. The summed E-state index contributed by atoms with van der Waals surface area (Å²) in [6.45, 7) is 2.51. The third kappa shape index (κ3) is 79.3. The Morgan fingerprint density at radius 2 is 0.515 bits per heavy atom. The Morgan fingerprint density at radius 3 is 0.816 bits per heavy atom. The van der Waals surface area contributed by atoms with E-state index in [9.17, 15) is 43.5 Å². The van der Waals surface area contributed by atoms with Crippen molar-refractivity contribution in [3.05, 3.63) is 97.2 Å². The number of phosphoric acid groups is 2. The topological polar surface area (TPSA) is 231 Å². The average Bonchev–Trinajstić information content (AvgIpc) is 0.915. The van der Waals surface area contributed by atoms with Crippen LogP contribution in [0, 0.1) is 0 Å². The molecular formula is C85H152O16P2. The number of allylic oxidation sites excluding steroid dienone is 16. The van der Waals surface area contributed by atoms with Gasteiger partial charge in [0.1, 0.15) is 25.4 Å². The number of aliphatic hydroxyl groups excluding tert-OH is 2. The monoisotopic (exact) mass is 1490 g/mol. The molecule has 103 heavy (non-hydrogen) atoms.